The highest BCUT2D eigenvalue weighted by Crippen LogP contribution is 2.08. The van der Waals surface area contributed by atoms with Crippen molar-refractivity contribution in [2.24, 2.45) is 0 Å². The van der Waals surface area contributed by atoms with Gasteiger partial charge in [0.05, 0.1) is 4.91 Å². The fourth-order valence-electron chi connectivity index (χ4n) is 0.320. The first kappa shape index (κ1) is 10.1. The smallest absolute Gasteiger partial charge is 0.175 e. The van der Waals surface area contributed by atoms with E-state index < -0.39 is 15.7 Å². The van der Waals surface area contributed by atoms with Gasteiger partial charge in [0.15, 0.2) is 9.84 Å². The molecule has 0 bridgehead atoms. The van der Waals surface area contributed by atoms with E-state index in [1.54, 1.807) is 0 Å². The molecule has 0 aliphatic heterocycles. The first-order valence-electron chi connectivity index (χ1n) is 2.76. The summed E-state index contributed by atoms with van der Waals surface area (Å²) < 4.78 is 33.6. The van der Waals surface area contributed by atoms with E-state index in [9.17, 15) is 12.8 Å². The lowest BCUT2D eigenvalue weighted by atomic mass is 10.4. The van der Waals surface area contributed by atoms with Crippen molar-refractivity contribution >= 4 is 9.84 Å². The van der Waals surface area contributed by atoms with Gasteiger partial charge in [-0.3, -0.25) is 0 Å². The van der Waals surface area contributed by atoms with E-state index in [2.05, 4.69) is 13.2 Å². The van der Waals surface area contributed by atoms with Gasteiger partial charge < -0.3 is 0 Å². The maximum Gasteiger partial charge on any atom is 0.175 e. The van der Waals surface area contributed by atoms with Crippen molar-refractivity contribution in [3.8, 4) is 0 Å². The third kappa shape index (κ3) is 3.72. The summed E-state index contributed by atoms with van der Waals surface area (Å²) in [4.78, 5) is -0.255. The van der Waals surface area contributed by atoms with Gasteiger partial charge in [-0.25, -0.2) is 12.8 Å². The van der Waals surface area contributed by atoms with Gasteiger partial charge in [0.25, 0.3) is 0 Å². The van der Waals surface area contributed by atoms with Gasteiger partial charge in [0, 0.05) is 6.26 Å². The zero-order valence-corrected chi connectivity index (χ0v) is 6.99. The molecule has 0 radical (unpaired) electrons. The van der Waals surface area contributed by atoms with Crippen LogP contribution in [0, 0.1) is 0 Å². The first-order chi connectivity index (χ1) is 4.88. The molecule has 0 N–H and O–H groups in total. The Hall–Kier alpha value is -0.900. The summed E-state index contributed by atoms with van der Waals surface area (Å²) in [7, 11) is -3.37. The number of hydrogen-bond acceptors (Lipinski definition) is 2. The van der Waals surface area contributed by atoms with Crippen molar-refractivity contribution in [3.05, 3.63) is 36.0 Å². The van der Waals surface area contributed by atoms with Crippen LogP contribution in [0.5, 0.6) is 0 Å². The minimum absolute atomic E-state index is 0.255. The molecule has 0 rings (SSSR count). The summed E-state index contributed by atoms with van der Waals surface area (Å²) in [6.45, 7) is 6.28. The minimum Gasteiger partial charge on any atom is -0.224 e. The fourth-order valence-corrected chi connectivity index (χ4v) is 0.646. The molecule has 0 aromatic rings. The van der Waals surface area contributed by atoms with Crippen LogP contribution in [-0.2, 0) is 9.84 Å². The molecule has 0 saturated heterocycles. The molecule has 0 fully saturated rings. The van der Waals surface area contributed by atoms with Crippen molar-refractivity contribution in [2.75, 3.05) is 6.26 Å². The standard InChI is InChI=1S/C7H9FO2S/c1-4-7(8)5-6(2)11(3,9)10/h4-5H,1-2H2,3H3/b7-5+. The molecule has 0 amide bonds. The van der Waals surface area contributed by atoms with Crippen molar-refractivity contribution in [1.82, 2.24) is 0 Å². The number of sulfone groups is 1. The monoisotopic (exact) mass is 176 g/mol. The number of rotatable bonds is 3. The second kappa shape index (κ2) is 3.48. The SMILES string of the molecule is C=C/C(F)=C\C(=C)S(C)(=O)=O. The van der Waals surface area contributed by atoms with Crippen LogP contribution in [0.4, 0.5) is 4.39 Å². The van der Waals surface area contributed by atoms with Crippen LogP contribution >= 0.6 is 0 Å². The quantitative estimate of drug-likeness (QED) is 0.612. The van der Waals surface area contributed by atoms with Crippen molar-refractivity contribution < 1.29 is 12.8 Å². The lowest BCUT2D eigenvalue weighted by Gasteiger charge is -1.93. The van der Waals surface area contributed by atoms with E-state index in [-0.39, 0.29) is 4.91 Å². The van der Waals surface area contributed by atoms with Gasteiger partial charge in [-0.2, -0.15) is 0 Å². The number of halogens is 1. The average molecular weight is 176 g/mol. The summed E-state index contributed by atoms with van der Waals surface area (Å²) in [6, 6.07) is 0. The predicted octanol–water partition coefficient (Wildman–Crippen LogP) is 1.58. The Labute approximate surface area is 65.7 Å². The summed E-state index contributed by atoms with van der Waals surface area (Å²) >= 11 is 0. The van der Waals surface area contributed by atoms with E-state index in [1.165, 1.54) is 0 Å². The Balaban J connectivity index is 4.70. The van der Waals surface area contributed by atoms with Gasteiger partial charge in [0.1, 0.15) is 5.83 Å². The maximum absolute atomic E-state index is 12.3. The van der Waals surface area contributed by atoms with E-state index in [0.29, 0.717) is 0 Å². The molecule has 0 aliphatic carbocycles. The van der Waals surface area contributed by atoms with Gasteiger partial charge in [-0.15, -0.1) is 0 Å². The Kier molecular flexibility index (Phi) is 3.19. The number of allylic oxidation sites excluding steroid dienone is 3. The van der Waals surface area contributed by atoms with E-state index >= 15 is 0 Å². The summed E-state index contributed by atoms with van der Waals surface area (Å²) in [5, 5.41) is 0. The lowest BCUT2D eigenvalue weighted by molar-refractivity contribution is 0.607. The van der Waals surface area contributed by atoms with Crippen LogP contribution in [-0.4, -0.2) is 14.7 Å². The molecule has 4 heteroatoms. The highest BCUT2D eigenvalue weighted by atomic mass is 32.2. The van der Waals surface area contributed by atoms with Crippen LogP contribution in [0.2, 0.25) is 0 Å². The molecular weight excluding hydrogens is 167 g/mol. The minimum atomic E-state index is -3.37. The first-order valence-corrected chi connectivity index (χ1v) is 4.65. The topological polar surface area (TPSA) is 34.1 Å². The Morgan fingerprint density at radius 2 is 2.00 bits per heavy atom. The lowest BCUT2D eigenvalue weighted by Crippen LogP contribution is -1.96. The van der Waals surface area contributed by atoms with E-state index in [0.717, 1.165) is 18.4 Å². The molecule has 0 saturated carbocycles. The van der Waals surface area contributed by atoms with Crippen molar-refractivity contribution in [2.45, 2.75) is 0 Å². The second-order valence-corrected chi connectivity index (χ2v) is 4.04. The molecule has 2 nitrogen and oxygen atoms in total. The van der Waals surface area contributed by atoms with Crippen LogP contribution in [0.15, 0.2) is 36.0 Å². The summed E-state index contributed by atoms with van der Waals surface area (Å²) in [6.07, 6.45) is 2.70. The van der Waals surface area contributed by atoms with Crippen molar-refractivity contribution in [3.63, 3.8) is 0 Å². The van der Waals surface area contributed by atoms with Gasteiger partial charge in [-0.05, 0) is 12.2 Å². The Bertz CT molecular complexity index is 298. The molecule has 0 unspecified atom stereocenters. The fraction of sp³-hybridized carbons (Fsp3) is 0.143. The summed E-state index contributed by atoms with van der Waals surface area (Å²) in [5.74, 6) is -0.708. The van der Waals surface area contributed by atoms with Crippen LogP contribution in [0.25, 0.3) is 0 Å². The normalized spacial score (nSPS) is 12.7. The zero-order valence-electron chi connectivity index (χ0n) is 6.17. The molecule has 0 aromatic carbocycles. The highest BCUT2D eigenvalue weighted by Gasteiger charge is 2.05. The molecule has 0 spiro atoms. The highest BCUT2D eigenvalue weighted by molar-refractivity contribution is 7.94. The van der Waals surface area contributed by atoms with Crippen LogP contribution < -0.4 is 0 Å². The van der Waals surface area contributed by atoms with Gasteiger partial charge in [0.2, 0.25) is 0 Å². The molecule has 0 aromatic heterocycles. The Morgan fingerprint density at radius 1 is 1.55 bits per heavy atom. The molecule has 0 atom stereocenters. The maximum atomic E-state index is 12.3. The van der Waals surface area contributed by atoms with Gasteiger partial charge in [-0.1, -0.05) is 13.2 Å². The zero-order chi connectivity index (χ0) is 9.07. The number of hydrogen-bond donors (Lipinski definition) is 0. The van der Waals surface area contributed by atoms with Crippen molar-refractivity contribution in [1.29, 1.82) is 0 Å². The third-order valence-electron chi connectivity index (χ3n) is 0.970. The molecule has 0 heterocycles. The van der Waals surface area contributed by atoms with Crippen LogP contribution in [0.1, 0.15) is 0 Å². The predicted molar refractivity (Wildman–Crippen MR) is 43.4 cm³/mol. The molecule has 0 aliphatic rings. The molecular formula is C7H9FO2S. The molecule has 62 valence electrons. The van der Waals surface area contributed by atoms with Crippen LogP contribution in [0.3, 0.4) is 0 Å². The van der Waals surface area contributed by atoms with Gasteiger partial charge >= 0.3 is 0 Å². The largest absolute Gasteiger partial charge is 0.224 e. The van der Waals surface area contributed by atoms with E-state index in [1.807, 2.05) is 0 Å². The average Bonchev–Trinajstić information content (AvgIpc) is 1.85. The van der Waals surface area contributed by atoms with E-state index in [4.69, 9.17) is 0 Å². The summed E-state index contributed by atoms with van der Waals surface area (Å²) in [5.41, 5.74) is 0. The Morgan fingerprint density at radius 3 is 2.27 bits per heavy atom. The molecule has 11 heavy (non-hydrogen) atoms. The third-order valence-corrected chi connectivity index (χ3v) is 2.04. The second-order valence-electron chi connectivity index (χ2n) is 1.97.